The third-order valence-corrected chi connectivity index (χ3v) is 6.87. The van der Waals surface area contributed by atoms with Gasteiger partial charge in [-0.15, -0.1) is 6.58 Å². The van der Waals surface area contributed by atoms with Crippen molar-refractivity contribution in [3.05, 3.63) is 46.4 Å². The minimum Gasteiger partial charge on any atom is -0.369 e. The van der Waals surface area contributed by atoms with Gasteiger partial charge in [0.2, 0.25) is 0 Å². The summed E-state index contributed by atoms with van der Waals surface area (Å²) in [5.74, 6) is 0.461. The van der Waals surface area contributed by atoms with Gasteiger partial charge in [0.25, 0.3) is 5.91 Å². The smallest absolute Gasteiger partial charge is 0.266 e. The molecule has 2 aliphatic rings. The number of anilines is 1. The van der Waals surface area contributed by atoms with Crippen LogP contribution in [0.3, 0.4) is 0 Å². The number of hydrogen-bond donors (Lipinski definition) is 0. The van der Waals surface area contributed by atoms with E-state index in [9.17, 15) is 4.79 Å². The number of carbonyl (C=O) groups excluding carboxylic acids is 1. The summed E-state index contributed by atoms with van der Waals surface area (Å²) in [4.78, 5) is 17.3. The van der Waals surface area contributed by atoms with Crippen LogP contribution in [-0.2, 0) is 4.79 Å². The van der Waals surface area contributed by atoms with Gasteiger partial charge >= 0.3 is 0 Å². The lowest BCUT2D eigenvalue weighted by atomic mass is 9.79. The van der Waals surface area contributed by atoms with Crippen LogP contribution in [0.1, 0.15) is 49.8 Å². The predicted molar refractivity (Wildman–Crippen MR) is 117 cm³/mol. The summed E-state index contributed by atoms with van der Waals surface area (Å²) in [7, 11) is 2.17. The number of thiocarbonyl (C=S) groups is 1. The van der Waals surface area contributed by atoms with Gasteiger partial charge in [-0.25, -0.2) is 0 Å². The standard InChI is InChI=1S/C21H26N2OS2/c1-7-8-23-19(24)18(26-20(23)25)11-15-10-16-14(3)12-21(4,5)22(6)17(16)9-13(15)2/h7,9-11,14H,1,8,12H2,2-6H3/b18-11-/t14-/m0/s1. The van der Waals surface area contributed by atoms with Crippen molar-refractivity contribution in [2.45, 2.75) is 45.6 Å². The van der Waals surface area contributed by atoms with Gasteiger partial charge in [-0.3, -0.25) is 9.69 Å². The van der Waals surface area contributed by atoms with E-state index in [1.807, 2.05) is 6.08 Å². The number of benzene rings is 1. The molecule has 1 saturated heterocycles. The molecule has 2 heterocycles. The van der Waals surface area contributed by atoms with E-state index in [1.54, 1.807) is 11.0 Å². The third kappa shape index (κ3) is 3.23. The maximum Gasteiger partial charge on any atom is 0.266 e. The number of carbonyl (C=O) groups is 1. The van der Waals surface area contributed by atoms with Crippen LogP contribution in [-0.4, -0.2) is 34.3 Å². The summed E-state index contributed by atoms with van der Waals surface area (Å²) < 4.78 is 0.603. The first-order valence-corrected chi connectivity index (χ1v) is 10.1. The van der Waals surface area contributed by atoms with Crippen LogP contribution in [0.4, 0.5) is 5.69 Å². The second-order valence-electron chi connectivity index (χ2n) is 7.83. The summed E-state index contributed by atoms with van der Waals surface area (Å²) in [6, 6.07) is 4.50. The van der Waals surface area contributed by atoms with Crippen molar-refractivity contribution < 1.29 is 4.79 Å². The molecule has 1 aromatic carbocycles. The Morgan fingerprint density at radius 2 is 2.12 bits per heavy atom. The van der Waals surface area contributed by atoms with Crippen LogP contribution < -0.4 is 4.90 Å². The Balaban J connectivity index is 2.01. The van der Waals surface area contributed by atoms with Crippen molar-refractivity contribution in [3.63, 3.8) is 0 Å². The van der Waals surface area contributed by atoms with E-state index in [-0.39, 0.29) is 11.4 Å². The second kappa shape index (κ2) is 6.86. The van der Waals surface area contributed by atoms with Crippen LogP contribution in [0, 0.1) is 6.92 Å². The predicted octanol–water partition coefficient (Wildman–Crippen LogP) is 5.10. The van der Waals surface area contributed by atoms with E-state index in [1.165, 1.54) is 28.6 Å². The van der Waals surface area contributed by atoms with Crippen LogP contribution in [0.2, 0.25) is 0 Å². The minimum atomic E-state index is -0.0247. The lowest BCUT2D eigenvalue weighted by Gasteiger charge is -2.45. The molecule has 1 amide bonds. The number of amides is 1. The van der Waals surface area contributed by atoms with Crippen LogP contribution in [0.15, 0.2) is 29.7 Å². The van der Waals surface area contributed by atoms with E-state index in [4.69, 9.17) is 12.2 Å². The summed E-state index contributed by atoms with van der Waals surface area (Å²) in [5, 5.41) is 0. The number of fused-ring (bicyclic) bond motifs is 1. The normalized spacial score (nSPS) is 23.6. The van der Waals surface area contributed by atoms with E-state index < -0.39 is 0 Å². The van der Waals surface area contributed by atoms with E-state index in [0.717, 1.165) is 12.0 Å². The summed E-state index contributed by atoms with van der Waals surface area (Å²) >= 11 is 6.71. The molecule has 0 N–H and O–H groups in total. The fourth-order valence-electron chi connectivity index (χ4n) is 3.82. The van der Waals surface area contributed by atoms with Crippen LogP contribution >= 0.6 is 24.0 Å². The highest BCUT2D eigenvalue weighted by atomic mass is 32.2. The quantitative estimate of drug-likeness (QED) is 0.409. The number of hydrogen-bond acceptors (Lipinski definition) is 4. The summed E-state index contributed by atoms with van der Waals surface area (Å²) in [6.07, 6.45) is 4.81. The van der Waals surface area contributed by atoms with Gasteiger partial charge in [0.05, 0.1) is 4.91 Å². The number of rotatable bonds is 3. The first-order chi connectivity index (χ1) is 12.2. The third-order valence-electron chi connectivity index (χ3n) is 5.49. The molecule has 0 radical (unpaired) electrons. The van der Waals surface area contributed by atoms with Gasteiger partial charge in [-0.05, 0) is 68.0 Å². The molecule has 0 aromatic heterocycles. The fourth-order valence-corrected chi connectivity index (χ4v) is 5.08. The number of aryl methyl sites for hydroxylation is 1. The molecule has 0 saturated carbocycles. The highest BCUT2D eigenvalue weighted by molar-refractivity contribution is 8.26. The van der Waals surface area contributed by atoms with Gasteiger partial charge in [0, 0.05) is 24.8 Å². The lowest BCUT2D eigenvalue weighted by Crippen LogP contribution is -2.45. The summed E-state index contributed by atoms with van der Waals surface area (Å²) in [5.41, 5.74) is 5.07. The SMILES string of the molecule is C=CCN1C(=O)/C(=C/c2cc3c(cc2C)N(C)C(C)(C)C[C@@H]3C)SC1=S. The van der Waals surface area contributed by atoms with Crippen molar-refractivity contribution in [3.8, 4) is 0 Å². The van der Waals surface area contributed by atoms with Crippen molar-refractivity contribution in [1.29, 1.82) is 0 Å². The van der Waals surface area contributed by atoms with Crippen molar-refractivity contribution in [2.75, 3.05) is 18.5 Å². The molecule has 2 aliphatic heterocycles. The average molecular weight is 387 g/mol. The lowest BCUT2D eigenvalue weighted by molar-refractivity contribution is -0.121. The van der Waals surface area contributed by atoms with Gasteiger partial charge in [-0.1, -0.05) is 37.0 Å². The highest BCUT2D eigenvalue weighted by Gasteiger charge is 2.35. The molecule has 0 aliphatic carbocycles. The molecular weight excluding hydrogens is 360 g/mol. The molecule has 5 heteroatoms. The van der Waals surface area contributed by atoms with Gasteiger partial charge in [0.1, 0.15) is 4.32 Å². The molecule has 0 unspecified atom stereocenters. The van der Waals surface area contributed by atoms with Gasteiger partial charge < -0.3 is 4.90 Å². The number of thioether (sulfide) groups is 1. The van der Waals surface area contributed by atoms with Gasteiger partial charge in [-0.2, -0.15) is 0 Å². The molecule has 3 rings (SSSR count). The van der Waals surface area contributed by atoms with Crippen LogP contribution in [0.5, 0.6) is 0 Å². The Kier molecular flexibility index (Phi) is 5.06. The largest absolute Gasteiger partial charge is 0.369 e. The van der Waals surface area contributed by atoms with Crippen LogP contribution in [0.25, 0.3) is 6.08 Å². The molecular formula is C21H26N2OS2. The molecule has 138 valence electrons. The average Bonchev–Trinajstić information content (AvgIpc) is 2.82. The Morgan fingerprint density at radius 1 is 1.42 bits per heavy atom. The van der Waals surface area contributed by atoms with E-state index in [0.29, 0.717) is 21.7 Å². The first-order valence-electron chi connectivity index (χ1n) is 8.90. The zero-order valence-corrected chi connectivity index (χ0v) is 17.8. The fraction of sp³-hybridized carbons (Fsp3) is 0.429. The number of nitrogens with zero attached hydrogens (tertiary/aromatic N) is 2. The molecule has 1 fully saturated rings. The molecule has 0 spiro atoms. The van der Waals surface area contributed by atoms with Crippen molar-refractivity contribution >= 4 is 46.0 Å². The van der Waals surface area contributed by atoms with Gasteiger partial charge in [0.15, 0.2) is 0 Å². The Labute approximate surface area is 166 Å². The maximum absolute atomic E-state index is 12.6. The van der Waals surface area contributed by atoms with Crippen molar-refractivity contribution in [2.24, 2.45) is 0 Å². The Hall–Kier alpha value is -1.59. The van der Waals surface area contributed by atoms with E-state index in [2.05, 4.69) is 58.4 Å². The maximum atomic E-state index is 12.6. The molecule has 1 atom stereocenters. The zero-order valence-electron chi connectivity index (χ0n) is 16.1. The van der Waals surface area contributed by atoms with Crippen molar-refractivity contribution in [1.82, 2.24) is 4.90 Å². The second-order valence-corrected chi connectivity index (χ2v) is 9.50. The summed E-state index contributed by atoms with van der Waals surface area (Å²) in [6.45, 7) is 13.1. The molecule has 3 nitrogen and oxygen atoms in total. The highest BCUT2D eigenvalue weighted by Crippen LogP contribution is 2.44. The monoisotopic (exact) mass is 386 g/mol. The Morgan fingerprint density at radius 3 is 2.77 bits per heavy atom. The molecule has 1 aromatic rings. The Bertz CT molecular complexity index is 826. The van der Waals surface area contributed by atoms with E-state index >= 15 is 0 Å². The molecule has 26 heavy (non-hydrogen) atoms. The zero-order chi connectivity index (χ0) is 19.2. The molecule has 0 bridgehead atoms. The first kappa shape index (κ1) is 19.2. The topological polar surface area (TPSA) is 23.6 Å². The minimum absolute atomic E-state index is 0.0247.